The van der Waals surface area contributed by atoms with Gasteiger partial charge in [0.15, 0.2) is 0 Å². The third-order valence-electron chi connectivity index (χ3n) is 1.23. The highest BCUT2D eigenvalue weighted by Crippen LogP contribution is 2.00. The summed E-state index contributed by atoms with van der Waals surface area (Å²) in [4.78, 5) is 0. The molecule has 4 nitrogen and oxygen atoms in total. The second-order valence-corrected chi connectivity index (χ2v) is 2.16. The van der Waals surface area contributed by atoms with Crippen LogP contribution in [0, 0.1) is 0 Å². The summed E-state index contributed by atoms with van der Waals surface area (Å²) in [5.74, 6) is 0.549. The molecule has 0 unspecified atom stereocenters. The van der Waals surface area contributed by atoms with Crippen LogP contribution in [-0.2, 0) is 0 Å². The van der Waals surface area contributed by atoms with Crippen molar-refractivity contribution in [2.45, 2.75) is 19.8 Å². The van der Waals surface area contributed by atoms with Crippen LogP contribution in [-0.4, -0.2) is 22.0 Å². The second-order valence-electron chi connectivity index (χ2n) is 2.16. The van der Waals surface area contributed by atoms with Crippen LogP contribution in [0.2, 0.25) is 0 Å². The zero-order valence-electron chi connectivity index (χ0n) is 6.53. The maximum atomic E-state index is 5.23. The van der Waals surface area contributed by atoms with E-state index in [2.05, 4.69) is 22.3 Å². The van der Waals surface area contributed by atoms with Gasteiger partial charge < -0.3 is 4.74 Å². The molecule has 0 aliphatic carbocycles. The van der Waals surface area contributed by atoms with Gasteiger partial charge in [-0.25, -0.2) is 0 Å². The van der Waals surface area contributed by atoms with Crippen LogP contribution >= 0.6 is 0 Å². The summed E-state index contributed by atoms with van der Waals surface area (Å²) in [6, 6.07) is 1.70. The second kappa shape index (κ2) is 4.60. The fourth-order valence-electron chi connectivity index (χ4n) is 0.628. The minimum Gasteiger partial charge on any atom is -0.477 e. The molecule has 0 radical (unpaired) electrons. The topological polar surface area (TPSA) is 47.9 Å². The molecule has 0 saturated carbocycles. The lowest BCUT2D eigenvalue weighted by Crippen LogP contribution is -1.99. The molecule has 1 rings (SSSR count). The van der Waals surface area contributed by atoms with E-state index in [4.69, 9.17) is 4.74 Å². The summed E-state index contributed by atoms with van der Waals surface area (Å²) in [6.07, 6.45) is 3.73. The largest absolute Gasteiger partial charge is 0.477 e. The summed E-state index contributed by atoms with van der Waals surface area (Å²) in [7, 11) is 0. The standard InChI is InChI=1S/C7H11N3O/c1-2-3-6-11-7-4-5-8-10-9-7/h4-5H,2-3,6H2,1H3. The smallest absolute Gasteiger partial charge is 0.236 e. The van der Waals surface area contributed by atoms with Crippen molar-refractivity contribution >= 4 is 0 Å². The van der Waals surface area contributed by atoms with Gasteiger partial charge in [0.1, 0.15) is 0 Å². The van der Waals surface area contributed by atoms with Gasteiger partial charge in [-0.1, -0.05) is 18.4 Å². The average Bonchev–Trinajstić information content (AvgIpc) is 2.07. The van der Waals surface area contributed by atoms with Crippen molar-refractivity contribution in [3.63, 3.8) is 0 Å². The van der Waals surface area contributed by atoms with Crippen LogP contribution in [0.4, 0.5) is 0 Å². The maximum absolute atomic E-state index is 5.23. The van der Waals surface area contributed by atoms with Crippen LogP contribution in [0.5, 0.6) is 5.88 Å². The van der Waals surface area contributed by atoms with Crippen LogP contribution in [0.15, 0.2) is 12.3 Å². The molecule has 0 fully saturated rings. The van der Waals surface area contributed by atoms with Gasteiger partial charge in [-0.2, -0.15) is 0 Å². The molecule has 0 amide bonds. The molecule has 1 heterocycles. The Labute approximate surface area is 65.6 Å². The van der Waals surface area contributed by atoms with Crippen molar-refractivity contribution in [3.05, 3.63) is 12.3 Å². The Morgan fingerprint density at radius 2 is 2.45 bits per heavy atom. The van der Waals surface area contributed by atoms with Crippen molar-refractivity contribution in [1.82, 2.24) is 15.4 Å². The van der Waals surface area contributed by atoms with Crippen LogP contribution in [0.3, 0.4) is 0 Å². The molecule has 1 aromatic rings. The Bertz CT molecular complexity index is 190. The number of rotatable bonds is 4. The van der Waals surface area contributed by atoms with Crippen molar-refractivity contribution in [1.29, 1.82) is 0 Å². The lowest BCUT2D eigenvalue weighted by Gasteiger charge is -2.00. The number of unbranched alkanes of at least 4 members (excludes halogenated alkanes) is 1. The molecule has 4 heteroatoms. The first kappa shape index (κ1) is 7.91. The number of nitrogens with zero attached hydrogens (tertiary/aromatic N) is 3. The lowest BCUT2D eigenvalue weighted by molar-refractivity contribution is 0.292. The Balaban J connectivity index is 2.28. The predicted molar refractivity (Wildman–Crippen MR) is 40.2 cm³/mol. The summed E-state index contributed by atoms with van der Waals surface area (Å²) in [5, 5.41) is 10.6. The highest BCUT2D eigenvalue weighted by molar-refractivity contribution is 5.01. The SMILES string of the molecule is CCCCOc1ccnnn1. The van der Waals surface area contributed by atoms with Gasteiger partial charge in [0.2, 0.25) is 5.88 Å². The average molecular weight is 153 g/mol. The third-order valence-corrected chi connectivity index (χ3v) is 1.23. The molecule has 0 aromatic carbocycles. The van der Waals surface area contributed by atoms with Gasteiger partial charge >= 0.3 is 0 Å². The molecule has 0 aliphatic heterocycles. The molecule has 1 aromatic heterocycles. The highest BCUT2D eigenvalue weighted by Gasteiger charge is 1.91. The molecule has 11 heavy (non-hydrogen) atoms. The van der Waals surface area contributed by atoms with Gasteiger partial charge in [0.05, 0.1) is 12.8 Å². The molecule has 0 N–H and O–H groups in total. The van der Waals surface area contributed by atoms with Crippen molar-refractivity contribution < 1.29 is 4.74 Å². The summed E-state index contributed by atoms with van der Waals surface area (Å²) in [6.45, 7) is 2.82. The molecule has 0 aliphatic rings. The molecular formula is C7H11N3O. The molecule has 60 valence electrons. The Morgan fingerprint density at radius 3 is 3.09 bits per heavy atom. The van der Waals surface area contributed by atoms with Crippen molar-refractivity contribution in [3.8, 4) is 5.88 Å². The molecule has 0 saturated heterocycles. The summed E-state index contributed by atoms with van der Waals surface area (Å²) < 4.78 is 5.23. The van der Waals surface area contributed by atoms with Crippen LogP contribution < -0.4 is 4.74 Å². The molecule has 0 spiro atoms. The van der Waals surface area contributed by atoms with E-state index in [9.17, 15) is 0 Å². The van der Waals surface area contributed by atoms with Gasteiger partial charge in [0.25, 0.3) is 0 Å². The van der Waals surface area contributed by atoms with Crippen molar-refractivity contribution in [2.75, 3.05) is 6.61 Å². The van der Waals surface area contributed by atoms with E-state index in [0.29, 0.717) is 12.5 Å². The van der Waals surface area contributed by atoms with Crippen LogP contribution in [0.1, 0.15) is 19.8 Å². The Kier molecular flexibility index (Phi) is 3.31. The number of hydrogen-bond donors (Lipinski definition) is 0. The zero-order chi connectivity index (χ0) is 7.94. The molecule has 0 atom stereocenters. The van der Waals surface area contributed by atoms with Gasteiger partial charge in [-0.3, -0.25) is 0 Å². The minimum atomic E-state index is 0.549. The minimum absolute atomic E-state index is 0.549. The van der Waals surface area contributed by atoms with E-state index in [1.807, 2.05) is 0 Å². The quantitative estimate of drug-likeness (QED) is 0.606. The van der Waals surface area contributed by atoms with E-state index in [-0.39, 0.29) is 0 Å². The van der Waals surface area contributed by atoms with Gasteiger partial charge in [-0.05, 0) is 11.6 Å². The molecule has 0 bridgehead atoms. The summed E-state index contributed by atoms with van der Waals surface area (Å²) in [5.41, 5.74) is 0. The van der Waals surface area contributed by atoms with E-state index in [1.54, 1.807) is 12.3 Å². The first-order valence-corrected chi connectivity index (χ1v) is 3.70. The first-order chi connectivity index (χ1) is 5.43. The zero-order valence-corrected chi connectivity index (χ0v) is 6.53. The van der Waals surface area contributed by atoms with E-state index in [1.165, 1.54) is 0 Å². The monoisotopic (exact) mass is 153 g/mol. The number of hydrogen-bond acceptors (Lipinski definition) is 4. The van der Waals surface area contributed by atoms with E-state index < -0.39 is 0 Å². The van der Waals surface area contributed by atoms with Gasteiger partial charge in [0, 0.05) is 6.07 Å². The third kappa shape index (κ3) is 2.93. The number of ether oxygens (including phenoxy) is 1. The normalized spacial score (nSPS) is 9.55. The summed E-state index contributed by atoms with van der Waals surface area (Å²) >= 11 is 0. The van der Waals surface area contributed by atoms with E-state index >= 15 is 0 Å². The fourth-order valence-corrected chi connectivity index (χ4v) is 0.628. The fraction of sp³-hybridized carbons (Fsp3) is 0.571. The maximum Gasteiger partial charge on any atom is 0.236 e. The Morgan fingerprint density at radius 1 is 1.55 bits per heavy atom. The number of aromatic nitrogens is 3. The predicted octanol–water partition coefficient (Wildman–Crippen LogP) is 1.05. The lowest BCUT2D eigenvalue weighted by atomic mass is 10.4. The Hall–Kier alpha value is -1.19. The van der Waals surface area contributed by atoms with Crippen LogP contribution in [0.25, 0.3) is 0 Å². The van der Waals surface area contributed by atoms with Crippen molar-refractivity contribution in [2.24, 2.45) is 0 Å². The molecular weight excluding hydrogens is 142 g/mol. The van der Waals surface area contributed by atoms with E-state index in [0.717, 1.165) is 12.8 Å². The highest BCUT2D eigenvalue weighted by atomic mass is 16.5. The first-order valence-electron chi connectivity index (χ1n) is 3.70. The van der Waals surface area contributed by atoms with Gasteiger partial charge in [-0.15, -0.1) is 5.10 Å².